The fourth-order valence-electron chi connectivity index (χ4n) is 1.89. The van der Waals surface area contributed by atoms with E-state index in [4.69, 9.17) is 5.11 Å². The summed E-state index contributed by atoms with van der Waals surface area (Å²) in [7, 11) is 0. The lowest BCUT2D eigenvalue weighted by Gasteiger charge is -2.31. The van der Waals surface area contributed by atoms with Crippen LogP contribution in [0.2, 0.25) is 0 Å². The van der Waals surface area contributed by atoms with E-state index >= 15 is 0 Å². The Hall–Kier alpha value is -2.68. The molecule has 2 rings (SSSR count). The Morgan fingerprint density at radius 2 is 2.29 bits per heavy atom. The van der Waals surface area contributed by atoms with E-state index in [2.05, 4.69) is 21.2 Å². The number of carbonyl (C=O) groups excluding carboxylic acids is 2. The van der Waals surface area contributed by atoms with Crippen molar-refractivity contribution in [2.75, 3.05) is 25.1 Å². The maximum atomic E-state index is 11.8. The molecule has 1 aliphatic rings. The first-order valence-corrected chi connectivity index (χ1v) is 6.25. The normalized spacial score (nSPS) is 18.7. The molecule has 2 heterocycles. The molecule has 112 valence electrons. The monoisotopic (exact) mass is 293 g/mol. The van der Waals surface area contributed by atoms with Gasteiger partial charge in [0.25, 0.3) is 5.91 Å². The summed E-state index contributed by atoms with van der Waals surface area (Å²) in [5.41, 5.74) is 5.01. The average Bonchev–Trinajstić information content (AvgIpc) is 2.46. The minimum Gasteiger partial charge on any atom is -0.480 e. The number of hydrazine groups is 1. The van der Waals surface area contributed by atoms with Crippen molar-refractivity contribution in [2.45, 2.75) is 6.04 Å². The molecular formula is C12H15N5O4. The summed E-state index contributed by atoms with van der Waals surface area (Å²) in [5.74, 6) is -1.39. The molecular weight excluding hydrogens is 278 g/mol. The van der Waals surface area contributed by atoms with E-state index in [0.717, 1.165) is 0 Å². The van der Waals surface area contributed by atoms with E-state index in [0.29, 0.717) is 5.82 Å². The number of nitrogens with one attached hydrogen (secondary N) is 3. The van der Waals surface area contributed by atoms with Crippen LogP contribution in [0.25, 0.3) is 0 Å². The van der Waals surface area contributed by atoms with Gasteiger partial charge in [0.05, 0.1) is 13.1 Å². The summed E-state index contributed by atoms with van der Waals surface area (Å²) in [6.07, 6.45) is 1.56. The van der Waals surface area contributed by atoms with Gasteiger partial charge >= 0.3 is 5.97 Å². The van der Waals surface area contributed by atoms with Crippen molar-refractivity contribution in [3.8, 4) is 0 Å². The highest BCUT2D eigenvalue weighted by atomic mass is 16.4. The SMILES string of the molecule is O=C1CN(CC(=O)NNc2ccccn2)C(C(=O)O)CN1. The van der Waals surface area contributed by atoms with E-state index in [1.165, 1.54) is 4.90 Å². The number of amides is 2. The third kappa shape index (κ3) is 4.14. The molecule has 4 N–H and O–H groups in total. The molecule has 1 aromatic rings. The lowest BCUT2D eigenvalue weighted by Crippen LogP contribution is -2.59. The molecule has 0 aromatic carbocycles. The van der Waals surface area contributed by atoms with Gasteiger partial charge in [-0.1, -0.05) is 6.07 Å². The predicted molar refractivity (Wildman–Crippen MR) is 72.0 cm³/mol. The molecule has 0 radical (unpaired) electrons. The number of pyridine rings is 1. The van der Waals surface area contributed by atoms with E-state index < -0.39 is 17.9 Å². The van der Waals surface area contributed by atoms with Gasteiger partial charge in [-0.2, -0.15) is 0 Å². The van der Waals surface area contributed by atoms with Gasteiger partial charge in [0, 0.05) is 12.7 Å². The molecule has 9 heteroatoms. The fraction of sp³-hybridized carbons (Fsp3) is 0.333. The zero-order valence-corrected chi connectivity index (χ0v) is 11.1. The topological polar surface area (TPSA) is 124 Å². The lowest BCUT2D eigenvalue weighted by atomic mass is 10.2. The quantitative estimate of drug-likeness (QED) is 0.482. The summed E-state index contributed by atoms with van der Waals surface area (Å²) in [6.45, 7) is -0.354. The van der Waals surface area contributed by atoms with Crippen LogP contribution in [0.1, 0.15) is 0 Å². The van der Waals surface area contributed by atoms with Crippen LogP contribution < -0.4 is 16.2 Å². The number of hydrogen-bond acceptors (Lipinski definition) is 6. The van der Waals surface area contributed by atoms with E-state index in [1.54, 1.807) is 24.4 Å². The van der Waals surface area contributed by atoms with Gasteiger partial charge in [0.1, 0.15) is 11.9 Å². The van der Waals surface area contributed by atoms with Crippen LogP contribution >= 0.6 is 0 Å². The number of carboxylic acid groups (broad SMARTS) is 1. The molecule has 1 fully saturated rings. The number of nitrogens with zero attached hydrogens (tertiary/aromatic N) is 2. The van der Waals surface area contributed by atoms with Crippen molar-refractivity contribution < 1.29 is 19.5 Å². The second kappa shape index (κ2) is 6.66. The Balaban J connectivity index is 1.88. The average molecular weight is 293 g/mol. The second-order valence-corrected chi connectivity index (χ2v) is 4.45. The Kier molecular flexibility index (Phi) is 4.67. The highest BCUT2D eigenvalue weighted by Crippen LogP contribution is 2.04. The number of aliphatic carboxylic acids is 1. The summed E-state index contributed by atoms with van der Waals surface area (Å²) in [5, 5.41) is 11.5. The van der Waals surface area contributed by atoms with E-state index in [1.807, 2.05) is 0 Å². The van der Waals surface area contributed by atoms with Crippen molar-refractivity contribution in [1.82, 2.24) is 20.6 Å². The number of aromatic nitrogens is 1. The molecule has 0 bridgehead atoms. The molecule has 1 aliphatic heterocycles. The third-order valence-electron chi connectivity index (χ3n) is 2.91. The molecule has 1 aromatic heterocycles. The largest absolute Gasteiger partial charge is 0.480 e. The Bertz CT molecular complexity index is 536. The van der Waals surface area contributed by atoms with Crippen molar-refractivity contribution >= 4 is 23.6 Å². The first-order chi connectivity index (χ1) is 10.1. The first-order valence-electron chi connectivity index (χ1n) is 6.25. The van der Waals surface area contributed by atoms with Crippen molar-refractivity contribution in [2.24, 2.45) is 0 Å². The maximum absolute atomic E-state index is 11.8. The predicted octanol–water partition coefficient (Wildman–Crippen LogP) is -1.59. The van der Waals surface area contributed by atoms with Gasteiger partial charge in [-0.15, -0.1) is 0 Å². The Morgan fingerprint density at radius 3 is 2.95 bits per heavy atom. The third-order valence-corrected chi connectivity index (χ3v) is 2.91. The van der Waals surface area contributed by atoms with Crippen molar-refractivity contribution in [1.29, 1.82) is 0 Å². The molecule has 9 nitrogen and oxygen atoms in total. The maximum Gasteiger partial charge on any atom is 0.322 e. The number of hydrogen-bond donors (Lipinski definition) is 4. The Morgan fingerprint density at radius 1 is 1.48 bits per heavy atom. The van der Waals surface area contributed by atoms with Crippen LogP contribution in [0.15, 0.2) is 24.4 Å². The smallest absolute Gasteiger partial charge is 0.322 e. The van der Waals surface area contributed by atoms with Gasteiger partial charge in [-0.3, -0.25) is 30.1 Å². The van der Waals surface area contributed by atoms with Gasteiger partial charge in [-0.25, -0.2) is 4.98 Å². The number of piperazine rings is 1. The van der Waals surface area contributed by atoms with Gasteiger partial charge < -0.3 is 10.4 Å². The summed E-state index contributed by atoms with van der Waals surface area (Å²) >= 11 is 0. The minimum absolute atomic E-state index is 0.0187. The molecule has 1 unspecified atom stereocenters. The number of carboxylic acids is 1. The van der Waals surface area contributed by atoms with Gasteiger partial charge in [0.2, 0.25) is 5.91 Å². The van der Waals surface area contributed by atoms with Crippen LogP contribution in [-0.4, -0.2) is 58.5 Å². The minimum atomic E-state index is -1.08. The fourth-order valence-corrected chi connectivity index (χ4v) is 1.89. The second-order valence-electron chi connectivity index (χ2n) is 4.45. The van der Waals surface area contributed by atoms with Gasteiger partial charge in [0.15, 0.2) is 0 Å². The van der Waals surface area contributed by atoms with Crippen LogP contribution in [-0.2, 0) is 14.4 Å². The summed E-state index contributed by atoms with van der Waals surface area (Å²) in [4.78, 5) is 39.4. The number of rotatable bonds is 5. The van der Waals surface area contributed by atoms with E-state index in [9.17, 15) is 14.4 Å². The van der Waals surface area contributed by atoms with Crippen LogP contribution in [0.3, 0.4) is 0 Å². The summed E-state index contributed by atoms with van der Waals surface area (Å²) < 4.78 is 0. The molecule has 0 aliphatic carbocycles. The van der Waals surface area contributed by atoms with Crippen molar-refractivity contribution in [3.05, 3.63) is 24.4 Å². The molecule has 2 amide bonds. The molecule has 21 heavy (non-hydrogen) atoms. The lowest BCUT2D eigenvalue weighted by molar-refractivity contribution is -0.146. The molecule has 1 saturated heterocycles. The molecule has 1 atom stereocenters. The molecule has 0 saturated carbocycles. The van der Waals surface area contributed by atoms with Crippen LogP contribution in [0.5, 0.6) is 0 Å². The zero-order chi connectivity index (χ0) is 15.2. The Labute approximate surface area is 120 Å². The molecule has 0 spiro atoms. The number of anilines is 1. The standard InChI is InChI=1S/C12H15N5O4/c18-10-6-17(8(5-14-10)12(20)21)7-11(19)16-15-9-3-1-2-4-13-9/h1-4,8H,5-7H2,(H,13,15)(H,14,18)(H,16,19)(H,20,21). The van der Waals surface area contributed by atoms with Gasteiger partial charge in [-0.05, 0) is 12.1 Å². The van der Waals surface area contributed by atoms with Crippen LogP contribution in [0.4, 0.5) is 5.82 Å². The van der Waals surface area contributed by atoms with E-state index in [-0.39, 0.29) is 25.5 Å². The van der Waals surface area contributed by atoms with Crippen molar-refractivity contribution in [3.63, 3.8) is 0 Å². The van der Waals surface area contributed by atoms with Crippen LogP contribution in [0, 0.1) is 0 Å². The highest BCUT2D eigenvalue weighted by Gasteiger charge is 2.32. The highest BCUT2D eigenvalue weighted by molar-refractivity contribution is 5.86. The summed E-state index contributed by atoms with van der Waals surface area (Å²) in [6, 6.07) is 4.23. The zero-order valence-electron chi connectivity index (χ0n) is 11.1. The number of carbonyl (C=O) groups is 3. The first kappa shape index (κ1) is 14.7.